The van der Waals surface area contributed by atoms with Crippen molar-refractivity contribution in [3.63, 3.8) is 0 Å². The molecule has 6 atom stereocenters. The van der Waals surface area contributed by atoms with Gasteiger partial charge in [-0.15, -0.1) is 0 Å². The van der Waals surface area contributed by atoms with Gasteiger partial charge in [-0.3, -0.25) is 14.5 Å². The molecule has 3 saturated carbocycles. The number of carbonyl (C=O) groups is 3. The molecule has 5 heteroatoms. The van der Waals surface area contributed by atoms with Gasteiger partial charge in [0.15, 0.2) is 0 Å². The van der Waals surface area contributed by atoms with E-state index >= 15 is 0 Å². The van der Waals surface area contributed by atoms with Crippen LogP contribution in [0.15, 0.2) is 36.4 Å². The van der Waals surface area contributed by atoms with Crippen LogP contribution in [0.5, 0.6) is 0 Å². The predicted molar refractivity (Wildman–Crippen MR) is 101 cm³/mol. The van der Waals surface area contributed by atoms with Crippen molar-refractivity contribution in [2.24, 2.45) is 35.5 Å². The van der Waals surface area contributed by atoms with Gasteiger partial charge in [0.05, 0.1) is 23.1 Å². The Morgan fingerprint density at radius 3 is 2.04 bits per heavy atom. The van der Waals surface area contributed by atoms with Crippen molar-refractivity contribution in [1.82, 2.24) is 0 Å². The SMILES string of the molecule is O=C(OC1CCCC1)c1ccc(N2C(=O)[C@@H]3[C@H]4C=C[C@@H]([C@@H]5C[C@@H]45)[C@H]3C2=O)cc1. The van der Waals surface area contributed by atoms with Crippen LogP contribution < -0.4 is 4.90 Å². The number of allylic oxidation sites excluding steroid dienone is 2. The van der Waals surface area contributed by atoms with Crippen molar-refractivity contribution >= 4 is 23.5 Å². The molecule has 2 amide bonds. The standard InChI is InChI=1S/C23H23NO4/c25-21-19-15-9-10-16(18-11-17(15)18)20(19)22(26)24(21)13-7-5-12(6-8-13)23(27)28-14-3-1-2-4-14/h5-10,14-20H,1-4,11H2/t15-,16-,17-,18-,19+,20+/m0/s1. The predicted octanol–water partition coefficient (Wildman–Crippen LogP) is 3.34. The number of esters is 1. The molecule has 0 spiro atoms. The summed E-state index contributed by atoms with van der Waals surface area (Å²) in [7, 11) is 0. The average Bonchev–Trinajstić information content (AvgIpc) is 3.32. The highest BCUT2D eigenvalue weighted by Gasteiger charge is 2.67. The Hall–Kier alpha value is -2.43. The quantitative estimate of drug-likeness (QED) is 0.460. The lowest BCUT2D eigenvalue weighted by atomic mass is 9.63. The maximum absolute atomic E-state index is 13.1. The molecule has 1 aromatic carbocycles. The molecule has 1 heterocycles. The summed E-state index contributed by atoms with van der Waals surface area (Å²) < 4.78 is 5.54. The lowest BCUT2D eigenvalue weighted by Gasteiger charge is -2.37. The van der Waals surface area contributed by atoms with Crippen LogP contribution in [0.1, 0.15) is 42.5 Å². The Kier molecular flexibility index (Phi) is 3.41. The average molecular weight is 377 g/mol. The second kappa shape index (κ2) is 5.79. The number of amides is 2. The first kappa shape index (κ1) is 16.5. The van der Waals surface area contributed by atoms with Crippen LogP contribution >= 0.6 is 0 Å². The first-order valence-electron chi connectivity index (χ1n) is 10.5. The van der Waals surface area contributed by atoms with Crippen molar-refractivity contribution in [3.05, 3.63) is 42.0 Å². The second-order valence-corrected chi connectivity index (χ2v) is 9.03. The van der Waals surface area contributed by atoms with Crippen molar-refractivity contribution in [3.8, 4) is 0 Å². The molecule has 0 N–H and O–H groups in total. The number of nitrogens with zero attached hydrogens (tertiary/aromatic N) is 1. The van der Waals surface area contributed by atoms with Crippen molar-refractivity contribution in [1.29, 1.82) is 0 Å². The third-order valence-corrected chi connectivity index (χ3v) is 7.60. The van der Waals surface area contributed by atoms with Crippen molar-refractivity contribution < 1.29 is 19.1 Å². The molecular formula is C23H23NO4. The van der Waals surface area contributed by atoms with Crippen molar-refractivity contribution in [2.75, 3.05) is 4.90 Å². The van der Waals surface area contributed by atoms with E-state index in [9.17, 15) is 14.4 Å². The first-order valence-corrected chi connectivity index (χ1v) is 10.5. The molecule has 5 aliphatic carbocycles. The zero-order chi connectivity index (χ0) is 19.0. The highest BCUT2D eigenvalue weighted by atomic mass is 16.5. The van der Waals surface area contributed by atoms with Crippen LogP contribution in [-0.4, -0.2) is 23.9 Å². The maximum Gasteiger partial charge on any atom is 0.338 e. The third-order valence-electron chi connectivity index (χ3n) is 7.60. The normalized spacial score (nSPS) is 37.9. The lowest BCUT2D eigenvalue weighted by Crippen LogP contribution is -2.40. The largest absolute Gasteiger partial charge is 0.459 e. The number of imide groups is 1. The summed E-state index contributed by atoms with van der Waals surface area (Å²) in [5.41, 5.74) is 1.03. The van der Waals surface area contributed by atoms with Crippen molar-refractivity contribution in [2.45, 2.75) is 38.2 Å². The van der Waals surface area contributed by atoms with E-state index in [1.54, 1.807) is 24.3 Å². The number of carbonyl (C=O) groups excluding carboxylic acids is 3. The van der Waals surface area contributed by atoms with Crippen LogP contribution in [0.3, 0.4) is 0 Å². The van der Waals surface area contributed by atoms with Gasteiger partial charge in [0.2, 0.25) is 11.8 Å². The molecule has 4 fully saturated rings. The number of rotatable bonds is 3. The summed E-state index contributed by atoms with van der Waals surface area (Å²) in [5, 5.41) is 0. The molecule has 6 aliphatic rings. The number of hydrogen-bond acceptors (Lipinski definition) is 4. The smallest absolute Gasteiger partial charge is 0.338 e. The Labute approximate surface area is 163 Å². The van der Waals surface area contributed by atoms with E-state index in [0.29, 0.717) is 23.1 Å². The van der Waals surface area contributed by atoms with Gasteiger partial charge in [0, 0.05) is 0 Å². The van der Waals surface area contributed by atoms with E-state index in [1.807, 2.05) is 0 Å². The van der Waals surface area contributed by atoms with Gasteiger partial charge in [-0.05, 0) is 80.0 Å². The molecule has 2 bridgehead atoms. The summed E-state index contributed by atoms with van der Waals surface area (Å²) in [6.07, 6.45) is 9.62. The highest BCUT2D eigenvalue weighted by Crippen LogP contribution is 2.65. The highest BCUT2D eigenvalue weighted by molar-refractivity contribution is 6.22. The molecule has 144 valence electrons. The lowest BCUT2D eigenvalue weighted by molar-refractivity contribution is -0.124. The van der Waals surface area contributed by atoms with Crippen LogP contribution in [0.2, 0.25) is 0 Å². The second-order valence-electron chi connectivity index (χ2n) is 9.03. The zero-order valence-corrected chi connectivity index (χ0v) is 15.6. The van der Waals surface area contributed by atoms with Gasteiger partial charge in [0.25, 0.3) is 0 Å². The van der Waals surface area contributed by atoms with Gasteiger partial charge in [-0.1, -0.05) is 12.2 Å². The molecule has 0 unspecified atom stereocenters. The van der Waals surface area contributed by atoms with Crippen LogP contribution in [0, 0.1) is 35.5 Å². The summed E-state index contributed by atoms with van der Waals surface area (Å²) in [6, 6.07) is 6.74. The van der Waals surface area contributed by atoms with Gasteiger partial charge >= 0.3 is 5.97 Å². The molecule has 5 nitrogen and oxygen atoms in total. The Morgan fingerprint density at radius 1 is 0.893 bits per heavy atom. The number of benzene rings is 1. The maximum atomic E-state index is 13.1. The minimum absolute atomic E-state index is 0.0199. The van der Waals surface area contributed by atoms with E-state index in [0.717, 1.165) is 32.1 Å². The zero-order valence-electron chi connectivity index (χ0n) is 15.6. The van der Waals surface area contributed by atoms with Gasteiger partial charge < -0.3 is 4.74 Å². The fraction of sp³-hybridized carbons (Fsp3) is 0.522. The molecule has 1 aliphatic heterocycles. The summed E-state index contributed by atoms with van der Waals surface area (Å²) in [4.78, 5) is 40.0. The molecular weight excluding hydrogens is 354 g/mol. The van der Waals surface area contributed by atoms with E-state index < -0.39 is 0 Å². The Morgan fingerprint density at radius 2 is 1.46 bits per heavy atom. The van der Waals surface area contributed by atoms with E-state index in [2.05, 4.69) is 12.2 Å². The summed E-state index contributed by atoms with van der Waals surface area (Å²) in [5.74, 6) is 0.789. The number of hydrogen-bond donors (Lipinski definition) is 0. The van der Waals surface area contributed by atoms with E-state index in [1.165, 1.54) is 4.90 Å². The van der Waals surface area contributed by atoms with E-state index in [4.69, 9.17) is 4.74 Å². The third kappa shape index (κ3) is 2.22. The molecule has 1 saturated heterocycles. The molecule has 28 heavy (non-hydrogen) atoms. The monoisotopic (exact) mass is 377 g/mol. The minimum Gasteiger partial charge on any atom is -0.459 e. The molecule has 0 radical (unpaired) electrons. The topological polar surface area (TPSA) is 63.7 Å². The molecule has 0 aromatic heterocycles. The number of anilines is 1. The van der Waals surface area contributed by atoms with E-state index in [-0.39, 0.29) is 47.6 Å². The summed E-state index contributed by atoms with van der Waals surface area (Å²) >= 11 is 0. The Bertz CT molecular complexity index is 862. The minimum atomic E-state index is -0.325. The summed E-state index contributed by atoms with van der Waals surface area (Å²) in [6.45, 7) is 0. The van der Waals surface area contributed by atoms with Gasteiger partial charge in [0.1, 0.15) is 6.10 Å². The van der Waals surface area contributed by atoms with Crippen LogP contribution in [0.4, 0.5) is 5.69 Å². The molecule has 7 rings (SSSR count). The van der Waals surface area contributed by atoms with Gasteiger partial charge in [-0.2, -0.15) is 0 Å². The van der Waals surface area contributed by atoms with Crippen LogP contribution in [0.25, 0.3) is 0 Å². The Balaban J connectivity index is 1.23. The fourth-order valence-electron chi connectivity index (χ4n) is 6.18. The van der Waals surface area contributed by atoms with Crippen LogP contribution in [-0.2, 0) is 14.3 Å². The fourth-order valence-corrected chi connectivity index (χ4v) is 6.18. The first-order chi connectivity index (χ1) is 13.6. The number of ether oxygens (including phenoxy) is 1. The van der Waals surface area contributed by atoms with Gasteiger partial charge in [-0.25, -0.2) is 4.79 Å². The molecule has 1 aromatic rings.